The number of carboxylic acids is 2. The molecule has 4 N–H and O–H groups in total. The molecule has 0 spiro atoms. The molecule has 5 nitrogen and oxygen atoms in total. The van der Waals surface area contributed by atoms with Gasteiger partial charge in [0.25, 0.3) is 0 Å². The van der Waals surface area contributed by atoms with Crippen LogP contribution in [-0.4, -0.2) is 39.7 Å². The topological polar surface area (TPSA) is 101 Å². The van der Waals surface area contributed by atoms with Gasteiger partial charge in [-0.3, -0.25) is 9.59 Å². The van der Waals surface area contributed by atoms with Crippen LogP contribution in [0.5, 0.6) is 0 Å². The zero-order valence-electron chi connectivity index (χ0n) is 8.52. The Labute approximate surface area is 93.0 Å². The fourth-order valence-corrected chi connectivity index (χ4v) is 1.95. The molecule has 88 valence electrons. The number of thioether (sulfide) groups is 1. The minimum absolute atomic E-state index is 0.204. The predicted molar refractivity (Wildman–Crippen MR) is 59.0 cm³/mol. The van der Waals surface area contributed by atoms with Crippen LogP contribution in [0.2, 0.25) is 0 Å². The Kier molecular flexibility index (Phi) is 8.12. The van der Waals surface area contributed by atoms with Gasteiger partial charge in [0.15, 0.2) is 0 Å². The molecule has 0 saturated carbocycles. The average molecular weight is 235 g/mol. The van der Waals surface area contributed by atoms with E-state index in [2.05, 4.69) is 0 Å². The highest BCUT2D eigenvalue weighted by molar-refractivity contribution is 7.99. The summed E-state index contributed by atoms with van der Waals surface area (Å²) in [4.78, 5) is 20.5. The monoisotopic (exact) mass is 235 g/mol. The Balaban J connectivity index is 3.18. The summed E-state index contributed by atoms with van der Waals surface area (Å²) in [5.74, 6) is -0.172. The molecule has 15 heavy (non-hydrogen) atoms. The van der Waals surface area contributed by atoms with Crippen LogP contribution in [0.25, 0.3) is 0 Å². The number of rotatable bonds is 9. The first-order chi connectivity index (χ1) is 7.04. The van der Waals surface area contributed by atoms with Crippen molar-refractivity contribution in [2.45, 2.75) is 31.7 Å². The molecule has 1 atom stereocenters. The van der Waals surface area contributed by atoms with Gasteiger partial charge < -0.3 is 15.9 Å². The van der Waals surface area contributed by atoms with Gasteiger partial charge in [0.2, 0.25) is 0 Å². The molecular formula is C9H17NO4S. The van der Waals surface area contributed by atoms with Gasteiger partial charge in [0.05, 0.1) is 0 Å². The lowest BCUT2D eigenvalue weighted by Gasteiger charge is -2.05. The lowest BCUT2D eigenvalue weighted by atomic mass is 10.2. The summed E-state index contributed by atoms with van der Waals surface area (Å²) in [7, 11) is 0. The summed E-state index contributed by atoms with van der Waals surface area (Å²) in [6.07, 6.45) is 2.18. The Bertz CT molecular complexity index is 210. The first-order valence-corrected chi connectivity index (χ1v) is 5.97. The molecule has 0 amide bonds. The smallest absolute Gasteiger partial charge is 0.320 e. The van der Waals surface area contributed by atoms with E-state index in [1.807, 2.05) is 0 Å². The van der Waals surface area contributed by atoms with Crippen molar-refractivity contribution < 1.29 is 19.8 Å². The minimum atomic E-state index is -0.971. The summed E-state index contributed by atoms with van der Waals surface area (Å²) in [5.41, 5.74) is 5.31. The first kappa shape index (κ1) is 14.2. The fourth-order valence-electron chi connectivity index (χ4n) is 0.916. The van der Waals surface area contributed by atoms with Crippen LogP contribution >= 0.6 is 11.8 Å². The van der Waals surface area contributed by atoms with Gasteiger partial charge >= 0.3 is 11.9 Å². The molecule has 0 heterocycles. The molecule has 0 radical (unpaired) electrons. The van der Waals surface area contributed by atoms with Crippen molar-refractivity contribution in [1.29, 1.82) is 0 Å². The molecule has 0 aliphatic rings. The molecule has 0 unspecified atom stereocenters. The van der Waals surface area contributed by atoms with E-state index in [-0.39, 0.29) is 6.42 Å². The van der Waals surface area contributed by atoms with E-state index in [1.165, 1.54) is 0 Å². The number of carboxylic acid groups (broad SMARTS) is 2. The highest BCUT2D eigenvalue weighted by Crippen LogP contribution is 2.08. The third kappa shape index (κ3) is 9.55. The van der Waals surface area contributed by atoms with Crippen molar-refractivity contribution in [3.8, 4) is 0 Å². The van der Waals surface area contributed by atoms with Crippen LogP contribution in [0.15, 0.2) is 0 Å². The molecule has 6 heteroatoms. The van der Waals surface area contributed by atoms with Gasteiger partial charge in [0.1, 0.15) is 6.04 Å². The zero-order chi connectivity index (χ0) is 11.7. The molecule has 0 aromatic carbocycles. The van der Waals surface area contributed by atoms with Crippen LogP contribution in [-0.2, 0) is 9.59 Å². The van der Waals surface area contributed by atoms with Crippen LogP contribution in [0.1, 0.15) is 25.7 Å². The number of aliphatic carboxylic acids is 2. The van der Waals surface area contributed by atoms with E-state index in [1.54, 1.807) is 11.8 Å². The van der Waals surface area contributed by atoms with E-state index < -0.39 is 18.0 Å². The summed E-state index contributed by atoms with van der Waals surface area (Å²) < 4.78 is 0. The Morgan fingerprint density at radius 2 is 1.87 bits per heavy atom. The third-order valence-electron chi connectivity index (χ3n) is 1.82. The van der Waals surface area contributed by atoms with Gasteiger partial charge in [-0.25, -0.2) is 0 Å². The molecule has 0 aliphatic carbocycles. The van der Waals surface area contributed by atoms with E-state index >= 15 is 0 Å². The van der Waals surface area contributed by atoms with Crippen LogP contribution in [0, 0.1) is 0 Å². The van der Waals surface area contributed by atoms with Crippen LogP contribution in [0.3, 0.4) is 0 Å². The number of hydrogen-bond acceptors (Lipinski definition) is 4. The third-order valence-corrected chi connectivity index (χ3v) is 2.92. The van der Waals surface area contributed by atoms with Crippen LogP contribution < -0.4 is 5.73 Å². The molecular weight excluding hydrogens is 218 g/mol. The summed E-state index contributed by atoms with van der Waals surface area (Å²) in [6, 6.07) is -0.781. The van der Waals surface area contributed by atoms with Gasteiger partial charge in [-0.05, 0) is 30.8 Å². The maximum Gasteiger partial charge on any atom is 0.320 e. The Hall–Kier alpha value is -0.750. The standard InChI is InChI=1S/C9H17NO4S/c10-7(9(13)14)4-6-15-5-2-1-3-8(11)12/h7H,1-6,10H2,(H,11,12)(H,13,14)/t7-/m0/s1. The average Bonchev–Trinajstić information content (AvgIpc) is 2.15. The maximum absolute atomic E-state index is 10.3. The van der Waals surface area contributed by atoms with Crippen LogP contribution in [0.4, 0.5) is 0 Å². The molecule has 0 rings (SSSR count). The van der Waals surface area contributed by atoms with Crippen molar-refractivity contribution in [1.82, 2.24) is 0 Å². The molecule has 0 saturated heterocycles. The number of hydrogen-bond donors (Lipinski definition) is 3. The normalized spacial score (nSPS) is 12.3. The summed E-state index contributed by atoms with van der Waals surface area (Å²) >= 11 is 1.61. The fraction of sp³-hybridized carbons (Fsp3) is 0.778. The quantitative estimate of drug-likeness (QED) is 0.510. The first-order valence-electron chi connectivity index (χ1n) is 4.82. The minimum Gasteiger partial charge on any atom is -0.481 e. The maximum atomic E-state index is 10.3. The second-order valence-corrected chi connectivity index (χ2v) is 4.42. The highest BCUT2D eigenvalue weighted by Gasteiger charge is 2.09. The summed E-state index contributed by atoms with van der Waals surface area (Å²) in [5, 5.41) is 16.8. The lowest BCUT2D eigenvalue weighted by molar-refractivity contribution is -0.139. The van der Waals surface area contributed by atoms with Gasteiger partial charge in [-0.15, -0.1) is 0 Å². The second kappa shape index (κ2) is 8.55. The largest absolute Gasteiger partial charge is 0.481 e. The van der Waals surface area contributed by atoms with Crippen molar-refractivity contribution in [3.63, 3.8) is 0 Å². The molecule has 0 bridgehead atoms. The SMILES string of the molecule is N[C@@H](CCSCCCCC(=O)O)C(=O)O. The second-order valence-electron chi connectivity index (χ2n) is 3.20. The number of nitrogens with two attached hydrogens (primary N) is 1. The van der Waals surface area contributed by atoms with Gasteiger partial charge in [0, 0.05) is 6.42 Å². The van der Waals surface area contributed by atoms with Crippen molar-refractivity contribution in [2.24, 2.45) is 5.73 Å². The van der Waals surface area contributed by atoms with Gasteiger partial charge in [-0.1, -0.05) is 0 Å². The van der Waals surface area contributed by atoms with Crippen molar-refractivity contribution >= 4 is 23.7 Å². The predicted octanol–water partition coefficient (Wildman–Crippen LogP) is 0.776. The number of carbonyl (C=O) groups is 2. The summed E-state index contributed by atoms with van der Waals surface area (Å²) in [6.45, 7) is 0. The molecule has 0 aliphatic heterocycles. The van der Waals surface area contributed by atoms with Crippen molar-refractivity contribution in [2.75, 3.05) is 11.5 Å². The van der Waals surface area contributed by atoms with Crippen molar-refractivity contribution in [3.05, 3.63) is 0 Å². The zero-order valence-corrected chi connectivity index (χ0v) is 9.33. The lowest BCUT2D eigenvalue weighted by Crippen LogP contribution is -2.30. The molecule has 0 aromatic rings. The van der Waals surface area contributed by atoms with E-state index in [0.717, 1.165) is 12.2 Å². The number of unbranched alkanes of at least 4 members (excludes halogenated alkanes) is 1. The van der Waals surface area contributed by atoms with Gasteiger partial charge in [-0.2, -0.15) is 11.8 Å². The Morgan fingerprint density at radius 1 is 1.20 bits per heavy atom. The Morgan fingerprint density at radius 3 is 2.40 bits per heavy atom. The van der Waals surface area contributed by atoms with E-state index in [0.29, 0.717) is 18.6 Å². The van der Waals surface area contributed by atoms with E-state index in [9.17, 15) is 9.59 Å². The molecule has 0 aromatic heterocycles. The molecule has 0 fully saturated rings. The van der Waals surface area contributed by atoms with E-state index in [4.69, 9.17) is 15.9 Å². The highest BCUT2D eigenvalue weighted by atomic mass is 32.2.